The van der Waals surface area contributed by atoms with Crippen LogP contribution in [0.3, 0.4) is 0 Å². The van der Waals surface area contributed by atoms with Crippen molar-refractivity contribution in [2.24, 2.45) is 11.8 Å². The molecule has 1 rings (SSSR count). The van der Waals surface area contributed by atoms with Crippen molar-refractivity contribution in [2.45, 2.75) is 45.3 Å². The van der Waals surface area contributed by atoms with Crippen molar-refractivity contribution in [2.75, 3.05) is 0 Å². The fourth-order valence-corrected chi connectivity index (χ4v) is 1.90. The lowest BCUT2D eigenvalue weighted by Gasteiger charge is -2.17. The molecular formula is C9H18O2. The Morgan fingerprint density at radius 1 is 1.36 bits per heavy atom. The molecule has 0 saturated heterocycles. The first-order chi connectivity index (χ1) is 5.05. The van der Waals surface area contributed by atoms with Crippen molar-refractivity contribution < 1.29 is 10.2 Å². The average Bonchev–Trinajstić information content (AvgIpc) is 2.43. The highest BCUT2D eigenvalue weighted by molar-refractivity contribution is 5.11. The molecular weight excluding hydrogens is 140 g/mol. The van der Waals surface area contributed by atoms with Crippen molar-refractivity contribution in [3.05, 3.63) is 0 Å². The Balaban J connectivity index is 2.48. The Morgan fingerprint density at radius 2 is 1.82 bits per heavy atom. The van der Waals surface area contributed by atoms with Crippen molar-refractivity contribution in [3.63, 3.8) is 0 Å². The van der Waals surface area contributed by atoms with Gasteiger partial charge in [-0.1, -0.05) is 27.2 Å². The van der Waals surface area contributed by atoms with Crippen LogP contribution in [-0.2, 0) is 0 Å². The summed E-state index contributed by atoms with van der Waals surface area (Å²) in [6, 6.07) is 0. The Morgan fingerprint density at radius 3 is 2.09 bits per heavy atom. The largest absolute Gasteiger partial charge is 0.390 e. The average molecular weight is 158 g/mol. The van der Waals surface area contributed by atoms with E-state index in [9.17, 15) is 10.2 Å². The Labute approximate surface area is 68.2 Å². The van der Waals surface area contributed by atoms with Crippen LogP contribution >= 0.6 is 0 Å². The number of hydrogen-bond acceptors (Lipinski definition) is 2. The maximum atomic E-state index is 9.82. The minimum absolute atomic E-state index is 0.268. The fourth-order valence-electron chi connectivity index (χ4n) is 1.90. The van der Waals surface area contributed by atoms with E-state index in [0.29, 0.717) is 6.42 Å². The molecule has 0 bridgehead atoms. The van der Waals surface area contributed by atoms with Gasteiger partial charge in [-0.2, -0.15) is 0 Å². The summed E-state index contributed by atoms with van der Waals surface area (Å²) in [6.45, 7) is 6.00. The third kappa shape index (κ3) is 1.18. The highest BCUT2D eigenvalue weighted by Gasteiger charge is 2.62. The van der Waals surface area contributed by atoms with Gasteiger partial charge in [-0.25, -0.2) is 0 Å². The van der Waals surface area contributed by atoms with Crippen LogP contribution in [0.15, 0.2) is 0 Å². The van der Waals surface area contributed by atoms with E-state index in [1.165, 1.54) is 0 Å². The minimum Gasteiger partial charge on any atom is -0.390 e. The normalized spacial score (nSPS) is 45.5. The van der Waals surface area contributed by atoms with Gasteiger partial charge in [0.05, 0.1) is 11.7 Å². The van der Waals surface area contributed by atoms with Gasteiger partial charge in [0, 0.05) is 0 Å². The molecule has 2 nitrogen and oxygen atoms in total. The second kappa shape index (κ2) is 2.76. The predicted molar refractivity (Wildman–Crippen MR) is 44.2 cm³/mol. The molecule has 0 aromatic rings. The summed E-state index contributed by atoms with van der Waals surface area (Å²) in [6.07, 6.45) is 1.13. The van der Waals surface area contributed by atoms with E-state index in [4.69, 9.17) is 0 Å². The molecule has 0 aliphatic heterocycles. The zero-order valence-corrected chi connectivity index (χ0v) is 7.54. The molecule has 3 unspecified atom stereocenters. The fraction of sp³-hybridized carbons (Fsp3) is 1.00. The summed E-state index contributed by atoms with van der Waals surface area (Å²) in [5, 5.41) is 19.4. The Kier molecular flexibility index (Phi) is 2.26. The van der Waals surface area contributed by atoms with Gasteiger partial charge in [-0.3, -0.25) is 0 Å². The van der Waals surface area contributed by atoms with Crippen molar-refractivity contribution in [3.8, 4) is 0 Å². The molecule has 0 spiro atoms. The first-order valence-electron chi connectivity index (χ1n) is 4.45. The molecule has 66 valence electrons. The topological polar surface area (TPSA) is 40.5 Å². The summed E-state index contributed by atoms with van der Waals surface area (Å²) in [5.74, 6) is 0.535. The molecule has 1 aliphatic carbocycles. The van der Waals surface area contributed by atoms with Crippen molar-refractivity contribution >= 4 is 0 Å². The molecule has 1 fully saturated rings. The summed E-state index contributed by atoms with van der Waals surface area (Å²) in [7, 11) is 0. The third-order valence-electron chi connectivity index (χ3n) is 3.20. The molecule has 1 aliphatic rings. The zero-order chi connectivity index (χ0) is 8.65. The molecule has 0 aromatic carbocycles. The van der Waals surface area contributed by atoms with E-state index >= 15 is 0 Å². The van der Waals surface area contributed by atoms with Crippen LogP contribution in [0.4, 0.5) is 0 Å². The predicted octanol–water partition coefficient (Wildman–Crippen LogP) is 1.16. The molecule has 0 aromatic heterocycles. The van der Waals surface area contributed by atoms with Gasteiger partial charge in [0.25, 0.3) is 0 Å². The monoisotopic (exact) mass is 158 g/mol. The van der Waals surface area contributed by atoms with E-state index in [0.717, 1.165) is 6.42 Å². The van der Waals surface area contributed by atoms with E-state index in [-0.39, 0.29) is 11.8 Å². The van der Waals surface area contributed by atoms with E-state index in [1.807, 2.05) is 20.8 Å². The zero-order valence-electron chi connectivity index (χ0n) is 7.54. The second-order valence-electron chi connectivity index (χ2n) is 3.77. The van der Waals surface area contributed by atoms with Gasteiger partial charge in [-0.05, 0) is 18.3 Å². The molecule has 0 amide bonds. The molecule has 0 heterocycles. The van der Waals surface area contributed by atoms with Crippen LogP contribution in [0.5, 0.6) is 0 Å². The number of hydrogen-bond donors (Lipinski definition) is 2. The van der Waals surface area contributed by atoms with E-state index < -0.39 is 11.7 Å². The highest BCUT2D eigenvalue weighted by Crippen LogP contribution is 2.52. The van der Waals surface area contributed by atoms with Crippen molar-refractivity contribution in [1.29, 1.82) is 0 Å². The Hall–Kier alpha value is -0.0800. The SMILES string of the molecule is CCCC(O)C1(O)C(C)C1C. The molecule has 0 radical (unpaired) electrons. The van der Waals surface area contributed by atoms with E-state index in [1.54, 1.807) is 0 Å². The van der Waals surface area contributed by atoms with Gasteiger partial charge >= 0.3 is 0 Å². The van der Waals surface area contributed by atoms with Gasteiger partial charge < -0.3 is 10.2 Å². The van der Waals surface area contributed by atoms with Gasteiger partial charge in [0.15, 0.2) is 0 Å². The Bertz CT molecular complexity index is 136. The van der Waals surface area contributed by atoms with Crippen LogP contribution in [-0.4, -0.2) is 21.9 Å². The number of rotatable bonds is 3. The number of aliphatic hydroxyl groups is 2. The van der Waals surface area contributed by atoms with Crippen LogP contribution in [0.1, 0.15) is 33.6 Å². The first kappa shape index (κ1) is 9.01. The molecule has 2 N–H and O–H groups in total. The van der Waals surface area contributed by atoms with Crippen LogP contribution in [0.25, 0.3) is 0 Å². The summed E-state index contributed by atoms with van der Waals surface area (Å²) in [4.78, 5) is 0. The van der Waals surface area contributed by atoms with Gasteiger partial charge in [0.2, 0.25) is 0 Å². The van der Waals surface area contributed by atoms with Crippen LogP contribution in [0.2, 0.25) is 0 Å². The van der Waals surface area contributed by atoms with Gasteiger partial charge in [-0.15, -0.1) is 0 Å². The quantitative estimate of drug-likeness (QED) is 0.647. The second-order valence-corrected chi connectivity index (χ2v) is 3.77. The lowest BCUT2D eigenvalue weighted by molar-refractivity contribution is -0.0224. The smallest absolute Gasteiger partial charge is 0.0963 e. The molecule has 3 atom stereocenters. The lowest BCUT2D eigenvalue weighted by atomic mass is 10.0. The lowest BCUT2D eigenvalue weighted by Crippen LogP contribution is -2.30. The summed E-state index contributed by atoms with van der Waals surface area (Å²) < 4.78 is 0. The van der Waals surface area contributed by atoms with Gasteiger partial charge in [0.1, 0.15) is 0 Å². The van der Waals surface area contributed by atoms with Crippen molar-refractivity contribution in [1.82, 2.24) is 0 Å². The number of aliphatic hydroxyl groups excluding tert-OH is 1. The van der Waals surface area contributed by atoms with E-state index in [2.05, 4.69) is 0 Å². The molecule has 1 saturated carbocycles. The minimum atomic E-state index is -0.768. The van der Waals surface area contributed by atoms with Crippen LogP contribution < -0.4 is 0 Å². The van der Waals surface area contributed by atoms with Crippen LogP contribution in [0, 0.1) is 11.8 Å². The standard InChI is InChI=1S/C9H18O2/c1-4-5-8(10)9(11)6(2)7(9)3/h6-8,10-11H,4-5H2,1-3H3. The maximum Gasteiger partial charge on any atom is 0.0963 e. The summed E-state index contributed by atoms with van der Waals surface area (Å²) >= 11 is 0. The summed E-state index contributed by atoms with van der Waals surface area (Å²) in [5.41, 5.74) is -0.768. The maximum absolute atomic E-state index is 9.82. The molecule has 11 heavy (non-hydrogen) atoms. The first-order valence-corrected chi connectivity index (χ1v) is 4.45. The molecule has 2 heteroatoms. The highest BCUT2D eigenvalue weighted by atomic mass is 16.3. The third-order valence-corrected chi connectivity index (χ3v) is 3.20.